The molecule has 3 aromatic rings. The third-order valence-electron chi connectivity index (χ3n) is 2.37. The fourth-order valence-corrected chi connectivity index (χ4v) is 1.50. The fourth-order valence-electron chi connectivity index (χ4n) is 1.50. The molecule has 2 N–H and O–H groups in total. The first-order valence-electron chi connectivity index (χ1n) is 5.28. The Bertz CT molecular complexity index is 669. The summed E-state index contributed by atoms with van der Waals surface area (Å²) in [6.45, 7) is 0. The van der Waals surface area contributed by atoms with Crippen LogP contribution in [0, 0.1) is 0 Å². The van der Waals surface area contributed by atoms with Crippen molar-refractivity contribution in [2.24, 2.45) is 7.05 Å². The van der Waals surface area contributed by atoms with Crippen LogP contribution < -0.4 is 5.73 Å². The summed E-state index contributed by atoms with van der Waals surface area (Å²) < 4.78 is 6.81. The van der Waals surface area contributed by atoms with Crippen molar-refractivity contribution >= 4 is 5.69 Å². The molecule has 3 rings (SSSR count). The summed E-state index contributed by atoms with van der Waals surface area (Å²) in [5, 5.41) is 8.06. The molecule has 18 heavy (non-hydrogen) atoms. The maximum atomic E-state index is 5.56. The minimum atomic E-state index is 0.343. The van der Waals surface area contributed by atoms with Crippen molar-refractivity contribution in [1.29, 1.82) is 0 Å². The van der Waals surface area contributed by atoms with E-state index in [4.69, 9.17) is 10.3 Å². The summed E-state index contributed by atoms with van der Waals surface area (Å²) in [5.74, 6) is 0.778. The molecule has 0 fully saturated rings. The van der Waals surface area contributed by atoms with Gasteiger partial charge in [-0.15, -0.1) is 0 Å². The Kier molecular flexibility index (Phi) is 2.30. The average molecular weight is 242 g/mol. The molecule has 0 saturated carbocycles. The first kappa shape index (κ1) is 10.5. The van der Waals surface area contributed by atoms with Crippen molar-refractivity contribution in [2.75, 3.05) is 5.73 Å². The number of hydrogen-bond acceptors (Lipinski definition) is 6. The van der Waals surface area contributed by atoms with Gasteiger partial charge in [-0.05, 0) is 18.2 Å². The van der Waals surface area contributed by atoms with E-state index in [1.165, 1.54) is 0 Å². The highest BCUT2D eigenvalue weighted by Gasteiger charge is 2.13. The Hall–Kier alpha value is -2.70. The number of nitrogens with two attached hydrogens (primary N) is 1. The van der Waals surface area contributed by atoms with Gasteiger partial charge in [0.1, 0.15) is 11.4 Å². The molecule has 0 aromatic carbocycles. The molecule has 0 atom stereocenters. The van der Waals surface area contributed by atoms with Gasteiger partial charge in [0.2, 0.25) is 5.82 Å². The summed E-state index contributed by atoms with van der Waals surface area (Å²) in [4.78, 5) is 8.35. The Labute approximate surface area is 102 Å². The number of aromatic nitrogens is 5. The van der Waals surface area contributed by atoms with Crippen molar-refractivity contribution in [3.8, 4) is 23.1 Å². The molecular formula is C11H10N6O. The zero-order valence-corrected chi connectivity index (χ0v) is 9.61. The summed E-state index contributed by atoms with van der Waals surface area (Å²) in [6.07, 6.45) is 3.35. The smallest absolute Gasteiger partial charge is 0.276 e. The van der Waals surface area contributed by atoms with Gasteiger partial charge in [-0.25, -0.2) is 4.98 Å². The lowest BCUT2D eigenvalue weighted by Crippen LogP contribution is -1.89. The highest BCUT2D eigenvalue weighted by molar-refractivity contribution is 5.55. The second-order valence-corrected chi connectivity index (χ2v) is 3.77. The zero-order chi connectivity index (χ0) is 12.5. The molecule has 0 aliphatic rings. The van der Waals surface area contributed by atoms with Gasteiger partial charge >= 0.3 is 0 Å². The average Bonchev–Trinajstić information content (AvgIpc) is 2.98. The standard InChI is InChI=1S/C11H10N6O/c1-17-5-4-8(15-17)10-14-11(18-16-10)9-3-2-7(12)6-13-9/h2-6H,12H2,1H3. The minimum absolute atomic E-state index is 0.343. The largest absolute Gasteiger partial charge is 0.397 e. The molecule has 7 nitrogen and oxygen atoms in total. The second kappa shape index (κ2) is 3.95. The molecular weight excluding hydrogens is 232 g/mol. The monoisotopic (exact) mass is 242 g/mol. The van der Waals surface area contributed by atoms with Crippen LogP contribution in [-0.4, -0.2) is 24.9 Å². The van der Waals surface area contributed by atoms with Gasteiger partial charge in [0.05, 0.1) is 11.9 Å². The van der Waals surface area contributed by atoms with E-state index in [9.17, 15) is 0 Å². The van der Waals surface area contributed by atoms with Crippen LogP contribution in [0.5, 0.6) is 0 Å². The topological polar surface area (TPSA) is 95.7 Å². The lowest BCUT2D eigenvalue weighted by atomic mass is 10.3. The second-order valence-electron chi connectivity index (χ2n) is 3.77. The van der Waals surface area contributed by atoms with Crippen molar-refractivity contribution in [1.82, 2.24) is 24.9 Å². The molecule has 0 unspecified atom stereocenters. The Morgan fingerprint density at radius 3 is 2.78 bits per heavy atom. The minimum Gasteiger partial charge on any atom is -0.397 e. The highest BCUT2D eigenvalue weighted by Crippen LogP contribution is 2.19. The van der Waals surface area contributed by atoms with Crippen LogP contribution in [0.4, 0.5) is 5.69 Å². The van der Waals surface area contributed by atoms with Gasteiger partial charge in [0.25, 0.3) is 5.89 Å². The van der Waals surface area contributed by atoms with Crippen LogP contribution in [0.15, 0.2) is 35.1 Å². The van der Waals surface area contributed by atoms with Crippen molar-refractivity contribution < 1.29 is 4.52 Å². The highest BCUT2D eigenvalue weighted by atomic mass is 16.5. The molecule has 0 aliphatic heterocycles. The van der Waals surface area contributed by atoms with Gasteiger partial charge in [0.15, 0.2) is 0 Å². The maximum absolute atomic E-state index is 5.56. The van der Waals surface area contributed by atoms with Crippen LogP contribution >= 0.6 is 0 Å². The number of rotatable bonds is 2. The third-order valence-corrected chi connectivity index (χ3v) is 2.37. The molecule has 0 spiro atoms. The van der Waals surface area contributed by atoms with E-state index < -0.39 is 0 Å². The fraction of sp³-hybridized carbons (Fsp3) is 0.0909. The third kappa shape index (κ3) is 1.81. The first-order valence-corrected chi connectivity index (χ1v) is 5.28. The van der Waals surface area contributed by atoms with Crippen LogP contribution in [0.3, 0.4) is 0 Å². The summed E-state index contributed by atoms with van der Waals surface area (Å²) in [5.41, 5.74) is 7.39. The van der Waals surface area contributed by atoms with Gasteiger partial charge < -0.3 is 10.3 Å². The predicted molar refractivity (Wildman–Crippen MR) is 64.1 cm³/mol. The van der Waals surface area contributed by atoms with E-state index in [0.29, 0.717) is 28.8 Å². The molecule has 0 amide bonds. The number of aryl methyl sites for hydroxylation is 1. The number of nitrogen functional groups attached to an aromatic ring is 1. The molecule has 7 heteroatoms. The van der Waals surface area contributed by atoms with Gasteiger partial charge in [0, 0.05) is 13.2 Å². The van der Waals surface area contributed by atoms with Crippen molar-refractivity contribution in [3.05, 3.63) is 30.6 Å². The quantitative estimate of drug-likeness (QED) is 0.723. The van der Waals surface area contributed by atoms with E-state index in [0.717, 1.165) is 0 Å². The van der Waals surface area contributed by atoms with Gasteiger partial charge in [-0.2, -0.15) is 10.1 Å². The molecule has 0 radical (unpaired) electrons. The SMILES string of the molecule is Cn1ccc(-c2noc(-c3ccc(N)cn3)n2)n1. The van der Waals surface area contributed by atoms with Crippen molar-refractivity contribution in [2.45, 2.75) is 0 Å². The summed E-state index contributed by atoms with van der Waals surface area (Å²) >= 11 is 0. The summed E-state index contributed by atoms with van der Waals surface area (Å²) in [6, 6.07) is 5.27. The zero-order valence-electron chi connectivity index (χ0n) is 9.61. The van der Waals surface area contributed by atoms with Gasteiger partial charge in [-0.1, -0.05) is 5.16 Å². The van der Waals surface area contributed by atoms with Crippen LogP contribution in [0.1, 0.15) is 0 Å². The molecule has 3 heterocycles. The lowest BCUT2D eigenvalue weighted by Gasteiger charge is -1.93. The molecule has 90 valence electrons. The number of hydrogen-bond donors (Lipinski definition) is 1. The number of nitrogens with zero attached hydrogens (tertiary/aromatic N) is 5. The summed E-state index contributed by atoms with van der Waals surface area (Å²) in [7, 11) is 1.83. The normalized spacial score (nSPS) is 10.7. The van der Waals surface area contributed by atoms with Crippen LogP contribution in [0.25, 0.3) is 23.1 Å². The van der Waals surface area contributed by atoms with E-state index in [2.05, 4.69) is 20.2 Å². The van der Waals surface area contributed by atoms with Crippen molar-refractivity contribution in [3.63, 3.8) is 0 Å². The number of pyridine rings is 1. The molecule has 3 aromatic heterocycles. The van der Waals surface area contributed by atoms with E-state index in [1.54, 1.807) is 23.0 Å². The lowest BCUT2D eigenvalue weighted by molar-refractivity contribution is 0.430. The Balaban J connectivity index is 1.96. The van der Waals surface area contributed by atoms with E-state index >= 15 is 0 Å². The predicted octanol–water partition coefficient (Wildman–Crippen LogP) is 1.11. The Morgan fingerprint density at radius 2 is 2.11 bits per heavy atom. The van der Waals surface area contributed by atoms with Crippen LogP contribution in [-0.2, 0) is 7.05 Å². The maximum Gasteiger partial charge on any atom is 0.276 e. The van der Waals surface area contributed by atoms with Gasteiger partial charge in [-0.3, -0.25) is 4.68 Å². The molecule has 0 aliphatic carbocycles. The van der Waals surface area contributed by atoms with E-state index in [1.807, 2.05) is 19.3 Å². The molecule has 0 saturated heterocycles. The molecule has 0 bridgehead atoms. The Morgan fingerprint density at radius 1 is 1.22 bits per heavy atom. The van der Waals surface area contributed by atoms with Crippen LogP contribution in [0.2, 0.25) is 0 Å². The first-order chi connectivity index (χ1) is 8.72. The number of anilines is 1. The van der Waals surface area contributed by atoms with E-state index in [-0.39, 0.29) is 0 Å².